The number of ether oxygens (including phenoxy) is 1. The molecule has 1 aromatic heterocycles. The first-order valence-corrected chi connectivity index (χ1v) is 7.38. The van der Waals surface area contributed by atoms with Gasteiger partial charge in [0.1, 0.15) is 18.2 Å². The van der Waals surface area contributed by atoms with Crippen LogP contribution in [0, 0.1) is 0 Å². The predicted octanol–water partition coefficient (Wildman–Crippen LogP) is 1.49. The van der Waals surface area contributed by atoms with E-state index in [0.29, 0.717) is 30.9 Å². The molecule has 2 heterocycles. The summed E-state index contributed by atoms with van der Waals surface area (Å²) in [5.74, 6) is 1.88. The second-order valence-electron chi connectivity index (χ2n) is 5.20. The lowest BCUT2D eigenvalue weighted by Crippen LogP contribution is -2.35. The Bertz CT molecular complexity index is 420. The molecule has 0 spiro atoms. The van der Waals surface area contributed by atoms with Crippen molar-refractivity contribution < 1.29 is 4.74 Å². The fourth-order valence-corrected chi connectivity index (χ4v) is 2.43. The number of aromatic nitrogens is 2. The average molecular weight is 279 g/mol. The molecule has 3 N–H and O–H groups in total. The van der Waals surface area contributed by atoms with Gasteiger partial charge in [0.2, 0.25) is 0 Å². The lowest BCUT2D eigenvalue weighted by Gasteiger charge is -2.24. The zero-order chi connectivity index (χ0) is 14.4. The summed E-state index contributed by atoms with van der Waals surface area (Å²) in [7, 11) is 0. The van der Waals surface area contributed by atoms with E-state index in [-0.39, 0.29) is 0 Å². The molecule has 0 bridgehead atoms. The Hall–Kier alpha value is -1.40. The van der Waals surface area contributed by atoms with E-state index >= 15 is 0 Å². The molecular formula is C14H25N5O. The van der Waals surface area contributed by atoms with Crippen LogP contribution in [0.25, 0.3) is 0 Å². The Morgan fingerprint density at radius 2 is 2.15 bits per heavy atom. The standard InChI is InChI=1S/C14H25N5O/c1-3-20-10-14-17-12(15)8-13(18-14)16-9-11(2)19-6-4-5-7-19/h8,11H,3-7,9-10H2,1-2H3,(H3,15,16,17,18). The van der Waals surface area contributed by atoms with Gasteiger partial charge in [0, 0.05) is 25.3 Å². The van der Waals surface area contributed by atoms with Crippen LogP contribution in [0.3, 0.4) is 0 Å². The quantitative estimate of drug-likeness (QED) is 0.787. The highest BCUT2D eigenvalue weighted by molar-refractivity contribution is 5.44. The van der Waals surface area contributed by atoms with Gasteiger partial charge in [0.15, 0.2) is 5.82 Å². The third kappa shape index (κ3) is 4.31. The third-order valence-corrected chi connectivity index (χ3v) is 3.57. The molecule has 0 amide bonds. The Balaban J connectivity index is 1.89. The first-order valence-electron chi connectivity index (χ1n) is 7.38. The van der Waals surface area contributed by atoms with Crippen molar-refractivity contribution in [1.82, 2.24) is 14.9 Å². The minimum absolute atomic E-state index is 0.401. The maximum absolute atomic E-state index is 5.80. The first-order chi connectivity index (χ1) is 9.69. The molecule has 6 heteroatoms. The highest BCUT2D eigenvalue weighted by Gasteiger charge is 2.17. The molecule has 2 rings (SSSR count). The molecule has 1 atom stereocenters. The molecule has 1 aliphatic rings. The summed E-state index contributed by atoms with van der Waals surface area (Å²) in [6.07, 6.45) is 2.62. The molecule has 6 nitrogen and oxygen atoms in total. The smallest absolute Gasteiger partial charge is 0.158 e. The number of nitrogens with two attached hydrogens (primary N) is 1. The van der Waals surface area contributed by atoms with Crippen molar-refractivity contribution in [3.05, 3.63) is 11.9 Å². The van der Waals surface area contributed by atoms with Crippen molar-refractivity contribution in [1.29, 1.82) is 0 Å². The molecule has 1 fully saturated rings. The minimum atomic E-state index is 0.401. The van der Waals surface area contributed by atoms with Crippen LogP contribution < -0.4 is 11.1 Å². The van der Waals surface area contributed by atoms with Crippen LogP contribution in [0.2, 0.25) is 0 Å². The van der Waals surface area contributed by atoms with Gasteiger partial charge in [-0.3, -0.25) is 4.90 Å². The Morgan fingerprint density at radius 1 is 1.40 bits per heavy atom. The van der Waals surface area contributed by atoms with Crippen LogP contribution in [-0.4, -0.2) is 47.2 Å². The highest BCUT2D eigenvalue weighted by atomic mass is 16.5. The Kier molecular flexibility index (Phi) is 5.55. The average Bonchev–Trinajstić information content (AvgIpc) is 2.96. The molecule has 1 aromatic rings. The van der Waals surface area contributed by atoms with E-state index in [4.69, 9.17) is 10.5 Å². The van der Waals surface area contributed by atoms with E-state index in [0.717, 1.165) is 12.4 Å². The fourth-order valence-electron chi connectivity index (χ4n) is 2.43. The maximum Gasteiger partial charge on any atom is 0.158 e. The van der Waals surface area contributed by atoms with Crippen molar-refractivity contribution in [2.75, 3.05) is 37.3 Å². The second kappa shape index (κ2) is 7.40. The van der Waals surface area contributed by atoms with E-state index in [9.17, 15) is 0 Å². The number of hydrogen-bond acceptors (Lipinski definition) is 6. The monoisotopic (exact) mass is 279 g/mol. The highest BCUT2D eigenvalue weighted by Crippen LogP contribution is 2.13. The number of rotatable bonds is 7. The molecule has 0 aliphatic carbocycles. The molecule has 0 saturated carbocycles. The number of likely N-dealkylation sites (tertiary alicyclic amines) is 1. The SMILES string of the molecule is CCOCc1nc(N)cc(NCC(C)N2CCCC2)n1. The van der Waals surface area contributed by atoms with Crippen molar-refractivity contribution >= 4 is 11.6 Å². The van der Waals surface area contributed by atoms with Gasteiger partial charge in [0.25, 0.3) is 0 Å². The van der Waals surface area contributed by atoms with E-state index in [1.165, 1.54) is 25.9 Å². The number of nitrogens with zero attached hydrogens (tertiary/aromatic N) is 3. The molecule has 0 radical (unpaired) electrons. The Morgan fingerprint density at radius 3 is 2.85 bits per heavy atom. The summed E-state index contributed by atoms with van der Waals surface area (Å²) in [5, 5.41) is 3.35. The van der Waals surface area contributed by atoms with Crippen LogP contribution in [0.5, 0.6) is 0 Å². The first kappa shape index (κ1) is 15.0. The van der Waals surface area contributed by atoms with Crippen molar-refractivity contribution in [2.45, 2.75) is 39.3 Å². The summed E-state index contributed by atoms with van der Waals surface area (Å²) in [5.41, 5.74) is 5.80. The number of hydrogen-bond donors (Lipinski definition) is 2. The van der Waals surface area contributed by atoms with E-state index in [2.05, 4.69) is 27.1 Å². The van der Waals surface area contributed by atoms with Gasteiger partial charge < -0.3 is 15.8 Å². The zero-order valence-corrected chi connectivity index (χ0v) is 12.4. The van der Waals surface area contributed by atoms with Crippen LogP contribution in [0.1, 0.15) is 32.5 Å². The molecule has 1 aliphatic heterocycles. The Labute approximate surface area is 120 Å². The number of nitrogens with one attached hydrogen (secondary N) is 1. The zero-order valence-electron chi connectivity index (χ0n) is 12.4. The maximum atomic E-state index is 5.80. The van der Waals surface area contributed by atoms with Gasteiger partial charge in [-0.2, -0.15) is 0 Å². The third-order valence-electron chi connectivity index (χ3n) is 3.57. The summed E-state index contributed by atoms with van der Waals surface area (Å²) in [6, 6.07) is 2.27. The molecule has 20 heavy (non-hydrogen) atoms. The molecular weight excluding hydrogens is 254 g/mol. The lowest BCUT2D eigenvalue weighted by molar-refractivity contribution is 0.128. The normalized spacial score (nSPS) is 17.3. The van der Waals surface area contributed by atoms with E-state index in [1.807, 2.05) is 6.92 Å². The minimum Gasteiger partial charge on any atom is -0.384 e. The topological polar surface area (TPSA) is 76.3 Å². The van der Waals surface area contributed by atoms with E-state index in [1.54, 1.807) is 6.07 Å². The molecule has 0 aromatic carbocycles. The molecule has 1 unspecified atom stereocenters. The summed E-state index contributed by atoms with van der Waals surface area (Å²) in [4.78, 5) is 11.1. The van der Waals surface area contributed by atoms with E-state index < -0.39 is 0 Å². The van der Waals surface area contributed by atoms with Crippen LogP contribution >= 0.6 is 0 Å². The summed E-state index contributed by atoms with van der Waals surface area (Å²) >= 11 is 0. The fraction of sp³-hybridized carbons (Fsp3) is 0.714. The van der Waals surface area contributed by atoms with Crippen LogP contribution in [-0.2, 0) is 11.3 Å². The number of nitrogen functional groups attached to an aromatic ring is 1. The second-order valence-corrected chi connectivity index (χ2v) is 5.20. The molecule has 112 valence electrons. The molecule has 1 saturated heterocycles. The van der Waals surface area contributed by atoms with Gasteiger partial charge in [-0.25, -0.2) is 9.97 Å². The van der Waals surface area contributed by atoms with Crippen molar-refractivity contribution in [3.63, 3.8) is 0 Å². The number of anilines is 2. The van der Waals surface area contributed by atoms with Gasteiger partial charge in [0.05, 0.1) is 0 Å². The summed E-state index contributed by atoms with van der Waals surface area (Å²) < 4.78 is 5.32. The van der Waals surface area contributed by atoms with Crippen molar-refractivity contribution in [2.24, 2.45) is 0 Å². The largest absolute Gasteiger partial charge is 0.384 e. The summed E-state index contributed by atoms with van der Waals surface area (Å²) in [6.45, 7) is 8.50. The van der Waals surface area contributed by atoms with Crippen molar-refractivity contribution in [3.8, 4) is 0 Å². The van der Waals surface area contributed by atoms with Gasteiger partial charge >= 0.3 is 0 Å². The van der Waals surface area contributed by atoms with Gasteiger partial charge in [-0.15, -0.1) is 0 Å². The van der Waals surface area contributed by atoms with Crippen LogP contribution in [0.4, 0.5) is 11.6 Å². The van der Waals surface area contributed by atoms with Crippen LogP contribution in [0.15, 0.2) is 6.07 Å². The van der Waals surface area contributed by atoms with Gasteiger partial charge in [-0.05, 0) is 39.8 Å². The predicted molar refractivity (Wildman–Crippen MR) is 80.5 cm³/mol. The van der Waals surface area contributed by atoms with Gasteiger partial charge in [-0.1, -0.05) is 0 Å². The lowest BCUT2D eigenvalue weighted by atomic mass is 10.3.